The van der Waals surface area contributed by atoms with E-state index in [0.717, 1.165) is 0 Å². The minimum absolute atomic E-state index is 0.288. The molecule has 1 aliphatic rings. The molecule has 0 aliphatic heterocycles. The molecule has 0 unspecified atom stereocenters. The number of nitrogen functional groups attached to an aromatic ring is 1. The SMILES string of the molecule is COc1nc(N)cnc1-c1ccc(Cl)cc1Cl.c1ccc2c(c1)CCC2. The normalized spacial score (nSPS) is 12.1. The van der Waals surface area contributed by atoms with Crippen molar-refractivity contribution in [3.8, 4) is 17.1 Å². The summed E-state index contributed by atoms with van der Waals surface area (Å²) in [5, 5.41) is 1.04. The molecule has 0 spiro atoms. The summed E-state index contributed by atoms with van der Waals surface area (Å²) in [6, 6.07) is 13.8. The Morgan fingerprint density at radius 1 is 1.04 bits per heavy atom. The Kier molecular flexibility index (Phi) is 5.96. The molecule has 3 aromatic rings. The van der Waals surface area contributed by atoms with Crippen molar-refractivity contribution < 1.29 is 4.74 Å². The van der Waals surface area contributed by atoms with Gasteiger partial charge in [0.2, 0.25) is 5.88 Å². The molecule has 1 aliphatic carbocycles. The number of nitrogens with zero attached hydrogens (tertiary/aromatic N) is 2. The van der Waals surface area contributed by atoms with Crippen LogP contribution in [0.4, 0.5) is 5.82 Å². The molecular formula is C20H19Cl2N3O. The smallest absolute Gasteiger partial charge is 0.242 e. The number of anilines is 1. The van der Waals surface area contributed by atoms with E-state index < -0.39 is 0 Å². The van der Waals surface area contributed by atoms with Crippen LogP contribution in [-0.4, -0.2) is 17.1 Å². The van der Waals surface area contributed by atoms with Crippen LogP contribution in [-0.2, 0) is 12.8 Å². The Bertz CT molecular complexity index is 892. The highest BCUT2D eigenvalue weighted by Gasteiger charge is 2.13. The fourth-order valence-corrected chi connectivity index (χ4v) is 3.41. The number of hydrogen-bond acceptors (Lipinski definition) is 4. The van der Waals surface area contributed by atoms with Gasteiger partial charge in [0, 0.05) is 10.6 Å². The molecule has 0 fully saturated rings. The van der Waals surface area contributed by atoms with Crippen molar-refractivity contribution in [3.63, 3.8) is 0 Å². The second-order valence-corrected chi connectivity index (χ2v) is 6.74. The highest BCUT2D eigenvalue weighted by molar-refractivity contribution is 6.36. The predicted octanol–water partition coefficient (Wildman–Crippen LogP) is 5.22. The summed E-state index contributed by atoms with van der Waals surface area (Å²) in [5.41, 5.74) is 9.90. The van der Waals surface area contributed by atoms with Gasteiger partial charge in [-0.25, -0.2) is 4.98 Å². The summed E-state index contributed by atoms with van der Waals surface area (Å²) in [6.07, 6.45) is 5.41. The molecule has 134 valence electrons. The Labute approximate surface area is 163 Å². The summed E-state index contributed by atoms with van der Waals surface area (Å²) in [7, 11) is 1.50. The van der Waals surface area contributed by atoms with Crippen molar-refractivity contribution in [2.24, 2.45) is 0 Å². The maximum absolute atomic E-state index is 6.09. The van der Waals surface area contributed by atoms with Gasteiger partial charge in [0.1, 0.15) is 11.5 Å². The third-order valence-corrected chi connectivity index (χ3v) is 4.70. The first-order chi connectivity index (χ1) is 12.6. The number of fused-ring (bicyclic) bond motifs is 1. The first-order valence-electron chi connectivity index (χ1n) is 8.27. The summed E-state index contributed by atoms with van der Waals surface area (Å²) in [6.45, 7) is 0. The third kappa shape index (κ3) is 4.26. The van der Waals surface area contributed by atoms with Gasteiger partial charge < -0.3 is 10.5 Å². The van der Waals surface area contributed by atoms with E-state index in [9.17, 15) is 0 Å². The molecule has 2 aromatic carbocycles. The van der Waals surface area contributed by atoms with Crippen LogP contribution in [0.3, 0.4) is 0 Å². The van der Waals surface area contributed by atoms with Crippen LogP contribution in [0.1, 0.15) is 17.5 Å². The zero-order chi connectivity index (χ0) is 18.5. The molecule has 1 heterocycles. The fraction of sp³-hybridized carbons (Fsp3) is 0.200. The van der Waals surface area contributed by atoms with Crippen molar-refractivity contribution in [1.82, 2.24) is 9.97 Å². The first-order valence-corrected chi connectivity index (χ1v) is 9.03. The number of ether oxygens (including phenoxy) is 1. The van der Waals surface area contributed by atoms with Gasteiger partial charge in [0.15, 0.2) is 0 Å². The summed E-state index contributed by atoms with van der Waals surface area (Å²) in [4.78, 5) is 8.20. The van der Waals surface area contributed by atoms with Crippen LogP contribution in [0.5, 0.6) is 5.88 Å². The average Bonchev–Trinajstić information content (AvgIpc) is 3.11. The molecule has 0 saturated carbocycles. The van der Waals surface area contributed by atoms with E-state index in [1.54, 1.807) is 29.3 Å². The molecule has 4 nitrogen and oxygen atoms in total. The summed E-state index contributed by atoms with van der Waals surface area (Å²) in [5.74, 6) is 0.616. The van der Waals surface area contributed by atoms with Crippen molar-refractivity contribution in [3.05, 3.63) is 69.8 Å². The standard InChI is InChI=1S/C11H9Cl2N3O.C9H10/c1-17-11-10(15-5-9(14)16-11)7-3-2-6(12)4-8(7)13;1-2-5-9-7-3-6-8(9)4-1/h2-5H,1H3,(H2,14,16);1-2,4-5H,3,6-7H2. The molecule has 0 radical (unpaired) electrons. The van der Waals surface area contributed by atoms with Crippen LogP contribution in [0.15, 0.2) is 48.7 Å². The highest BCUT2D eigenvalue weighted by atomic mass is 35.5. The molecule has 2 N–H and O–H groups in total. The largest absolute Gasteiger partial charge is 0.479 e. The molecule has 0 amide bonds. The zero-order valence-electron chi connectivity index (χ0n) is 14.4. The Morgan fingerprint density at radius 2 is 1.73 bits per heavy atom. The van der Waals surface area contributed by atoms with Crippen molar-refractivity contribution in [2.75, 3.05) is 12.8 Å². The molecule has 4 rings (SSSR count). The maximum Gasteiger partial charge on any atom is 0.242 e. The van der Waals surface area contributed by atoms with Gasteiger partial charge in [-0.15, -0.1) is 0 Å². The zero-order valence-corrected chi connectivity index (χ0v) is 15.9. The van der Waals surface area contributed by atoms with Gasteiger partial charge in [0.25, 0.3) is 0 Å². The maximum atomic E-state index is 6.09. The lowest BCUT2D eigenvalue weighted by Crippen LogP contribution is -1.99. The van der Waals surface area contributed by atoms with Crippen LogP contribution in [0.25, 0.3) is 11.3 Å². The van der Waals surface area contributed by atoms with Gasteiger partial charge in [-0.1, -0.05) is 47.5 Å². The van der Waals surface area contributed by atoms with E-state index in [1.807, 2.05) is 0 Å². The average molecular weight is 388 g/mol. The van der Waals surface area contributed by atoms with Gasteiger partial charge >= 0.3 is 0 Å². The quantitative estimate of drug-likeness (QED) is 0.654. The van der Waals surface area contributed by atoms with Crippen LogP contribution in [0, 0.1) is 0 Å². The number of nitrogens with two attached hydrogens (primary N) is 1. The number of benzene rings is 2. The highest BCUT2D eigenvalue weighted by Crippen LogP contribution is 2.33. The second-order valence-electron chi connectivity index (χ2n) is 5.90. The van der Waals surface area contributed by atoms with Gasteiger partial charge in [0.05, 0.1) is 18.3 Å². The molecule has 0 atom stereocenters. The Morgan fingerprint density at radius 3 is 2.35 bits per heavy atom. The van der Waals surface area contributed by atoms with E-state index in [1.165, 1.54) is 32.6 Å². The molecule has 0 saturated heterocycles. The lowest BCUT2D eigenvalue weighted by atomic mass is 10.1. The molecule has 6 heteroatoms. The number of aryl methyl sites for hydroxylation is 2. The number of aromatic nitrogens is 2. The van der Waals surface area contributed by atoms with Crippen molar-refractivity contribution >= 4 is 29.0 Å². The Balaban J connectivity index is 0.000000181. The molecular weight excluding hydrogens is 369 g/mol. The molecule has 0 bridgehead atoms. The first kappa shape index (κ1) is 18.5. The lowest BCUT2D eigenvalue weighted by Gasteiger charge is -2.08. The number of halogens is 2. The van der Waals surface area contributed by atoms with Crippen LogP contribution < -0.4 is 10.5 Å². The minimum Gasteiger partial charge on any atom is -0.479 e. The predicted molar refractivity (Wildman–Crippen MR) is 107 cm³/mol. The lowest BCUT2D eigenvalue weighted by molar-refractivity contribution is 0.398. The van der Waals surface area contributed by atoms with Crippen LogP contribution >= 0.6 is 23.2 Å². The fourth-order valence-electron chi connectivity index (χ4n) is 2.91. The van der Waals surface area contributed by atoms with Gasteiger partial charge in [-0.2, -0.15) is 4.98 Å². The van der Waals surface area contributed by atoms with E-state index in [0.29, 0.717) is 27.2 Å². The monoisotopic (exact) mass is 387 g/mol. The number of rotatable bonds is 2. The van der Waals surface area contributed by atoms with Gasteiger partial charge in [-0.05, 0) is 48.6 Å². The molecule has 1 aromatic heterocycles. The van der Waals surface area contributed by atoms with Crippen molar-refractivity contribution in [1.29, 1.82) is 0 Å². The van der Waals surface area contributed by atoms with Gasteiger partial charge in [-0.3, -0.25) is 0 Å². The Hall–Kier alpha value is -2.30. The van der Waals surface area contributed by atoms with E-state index in [2.05, 4.69) is 34.2 Å². The molecule has 26 heavy (non-hydrogen) atoms. The number of methoxy groups -OCH3 is 1. The number of hydrogen-bond donors (Lipinski definition) is 1. The summed E-state index contributed by atoms with van der Waals surface area (Å²) < 4.78 is 5.12. The second kappa shape index (κ2) is 8.39. The van der Waals surface area contributed by atoms with Crippen molar-refractivity contribution in [2.45, 2.75) is 19.3 Å². The topological polar surface area (TPSA) is 61.0 Å². The minimum atomic E-state index is 0.288. The van der Waals surface area contributed by atoms with E-state index in [4.69, 9.17) is 33.7 Å². The van der Waals surface area contributed by atoms with E-state index in [-0.39, 0.29) is 5.82 Å². The van der Waals surface area contributed by atoms with Crippen LogP contribution in [0.2, 0.25) is 10.0 Å². The summed E-state index contributed by atoms with van der Waals surface area (Å²) >= 11 is 11.9. The van der Waals surface area contributed by atoms with E-state index >= 15 is 0 Å². The third-order valence-electron chi connectivity index (χ3n) is 4.15.